The molecule has 2 unspecified atom stereocenters. The number of ether oxygens (including phenoxy) is 1. The quantitative estimate of drug-likeness (QED) is 0.645. The molecule has 2 rings (SSSR count). The van der Waals surface area contributed by atoms with Crippen LogP contribution in [0.5, 0.6) is 0 Å². The molecule has 0 spiro atoms. The van der Waals surface area contributed by atoms with Gasteiger partial charge in [-0.2, -0.15) is 0 Å². The van der Waals surface area contributed by atoms with E-state index in [1.807, 2.05) is 0 Å². The fraction of sp³-hybridized carbons (Fsp3) is 0.600. The van der Waals surface area contributed by atoms with E-state index in [0.717, 1.165) is 31.7 Å². The van der Waals surface area contributed by atoms with Gasteiger partial charge in [-0.05, 0) is 24.8 Å². The third-order valence-corrected chi connectivity index (χ3v) is 4.21. The van der Waals surface area contributed by atoms with Gasteiger partial charge in [-0.3, -0.25) is 11.3 Å². The fourth-order valence-electron chi connectivity index (χ4n) is 3.19. The van der Waals surface area contributed by atoms with Crippen molar-refractivity contribution >= 4 is 0 Å². The highest BCUT2D eigenvalue weighted by Gasteiger charge is 2.33. The maximum absolute atomic E-state index is 14.0. The Bertz CT molecular complexity index is 436. The molecule has 1 aliphatic rings. The van der Waals surface area contributed by atoms with Crippen molar-refractivity contribution in [3.8, 4) is 0 Å². The predicted octanol–water partition coefficient (Wildman–Crippen LogP) is 3.06. The molecule has 112 valence electrons. The van der Waals surface area contributed by atoms with Crippen molar-refractivity contribution in [1.29, 1.82) is 0 Å². The van der Waals surface area contributed by atoms with Crippen molar-refractivity contribution < 1.29 is 13.5 Å². The van der Waals surface area contributed by atoms with Crippen molar-refractivity contribution in [3.63, 3.8) is 0 Å². The first kappa shape index (κ1) is 15.4. The molecule has 20 heavy (non-hydrogen) atoms. The minimum Gasteiger partial charge on any atom is -0.379 e. The number of rotatable bonds is 5. The number of hydrazine groups is 1. The van der Waals surface area contributed by atoms with E-state index in [0.29, 0.717) is 5.92 Å². The molecule has 1 saturated carbocycles. The standard InChI is InChI=1S/C15H22F2N2O/c1-20-15(10-6-3-2-4-7-10)14(19-18)11-8-5-9-12(16)13(11)17/h5,8-10,14-15,19H,2-4,6-7,18H2,1H3. The topological polar surface area (TPSA) is 47.3 Å². The summed E-state index contributed by atoms with van der Waals surface area (Å²) in [6, 6.07) is 3.61. The molecule has 2 atom stereocenters. The van der Waals surface area contributed by atoms with Crippen LogP contribution in [0, 0.1) is 17.6 Å². The molecular weight excluding hydrogens is 262 g/mol. The van der Waals surface area contributed by atoms with Gasteiger partial charge in [0.1, 0.15) is 0 Å². The van der Waals surface area contributed by atoms with E-state index in [4.69, 9.17) is 10.6 Å². The van der Waals surface area contributed by atoms with Crippen LogP contribution in [0.1, 0.15) is 43.7 Å². The molecule has 0 amide bonds. The highest BCUT2D eigenvalue weighted by atomic mass is 19.2. The summed E-state index contributed by atoms with van der Waals surface area (Å²) >= 11 is 0. The van der Waals surface area contributed by atoms with Crippen LogP contribution in [0.3, 0.4) is 0 Å². The third-order valence-electron chi connectivity index (χ3n) is 4.21. The van der Waals surface area contributed by atoms with Gasteiger partial charge in [-0.25, -0.2) is 8.78 Å². The Morgan fingerprint density at radius 1 is 1.25 bits per heavy atom. The predicted molar refractivity (Wildman–Crippen MR) is 73.8 cm³/mol. The second-order valence-electron chi connectivity index (χ2n) is 5.39. The summed E-state index contributed by atoms with van der Waals surface area (Å²) in [4.78, 5) is 0. The summed E-state index contributed by atoms with van der Waals surface area (Å²) in [6.45, 7) is 0. The van der Waals surface area contributed by atoms with E-state index in [2.05, 4.69) is 5.43 Å². The van der Waals surface area contributed by atoms with Gasteiger partial charge in [-0.1, -0.05) is 31.4 Å². The lowest BCUT2D eigenvalue weighted by Crippen LogP contribution is -2.42. The molecule has 0 radical (unpaired) electrons. The number of nitrogens with one attached hydrogen (secondary N) is 1. The molecule has 0 saturated heterocycles. The molecule has 3 nitrogen and oxygen atoms in total. The van der Waals surface area contributed by atoms with Gasteiger partial charge in [0.25, 0.3) is 0 Å². The van der Waals surface area contributed by atoms with E-state index < -0.39 is 17.7 Å². The van der Waals surface area contributed by atoms with E-state index in [1.165, 1.54) is 12.5 Å². The van der Waals surface area contributed by atoms with Crippen molar-refractivity contribution in [1.82, 2.24) is 5.43 Å². The molecule has 3 N–H and O–H groups in total. The van der Waals surface area contributed by atoms with Gasteiger partial charge in [0.05, 0.1) is 12.1 Å². The Hall–Kier alpha value is -1.04. The lowest BCUT2D eigenvalue weighted by Gasteiger charge is -2.34. The Morgan fingerprint density at radius 3 is 2.55 bits per heavy atom. The summed E-state index contributed by atoms with van der Waals surface area (Å²) < 4.78 is 32.9. The van der Waals surface area contributed by atoms with Gasteiger partial charge in [0.15, 0.2) is 11.6 Å². The van der Waals surface area contributed by atoms with E-state index >= 15 is 0 Å². The Balaban J connectivity index is 2.26. The van der Waals surface area contributed by atoms with Crippen LogP contribution in [0.4, 0.5) is 8.78 Å². The minimum atomic E-state index is -0.860. The summed E-state index contributed by atoms with van der Waals surface area (Å²) in [7, 11) is 1.60. The SMILES string of the molecule is COC(C1CCCCC1)C(NN)c1cccc(F)c1F. The average Bonchev–Trinajstić information content (AvgIpc) is 2.49. The van der Waals surface area contributed by atoms with Crippen molar-refractivity contribution in [2.24, 2.45) is 11.8 Å². The molecule has 0 heterocycles. The van der Waals surface area contributed by atoms with Gasteiger partial charge in [0, 0.05) is 12.7 Å². The van der Waals surface area contributed by atoms with Gasteiger partial charge >= 0.3 is 0 Å². The minimum absolute atomic E-state index is 0.227. The zero-order valence-corrected chi connectivity index (χ0v) is 11.7. The Kier molecular flexibility index (Phi) is 5.46. The zero-order valence-electron chi connectivity index (χ0n) is 11.7. The van der Waals surface area contributed by atoms with Crippen LogP contribution in [-0.4, -0.2) is 13.2 Å². The average molecular weight is 284 g/mol. The first-order chi connectivity index (χ1) is 9.69. The number of halogens is 2. The smallest absolute Gasteiger partial charge is 0.163 e. The largest absolute Gasteiger partial charge is 0.379 e. The summed E-state index contributed by atoms with van der Waals surface area (Å²) in [5.74, 6) is 4.19. The fourth-order valence-corrected chi connectivity index (χ4v) is 3.19. The maximum atomic E-state index is 14.0. The van der Waals surface area contributed by atoms with E-state index in [1.54, 1.807) is 13.2 Å². The molecule has 1 fully saturated rings. The molecule has 5 heteroatoms. The summed E-state index contributed by atoms with van der Waals surface area (Å²) in [5.41, 5.74) is 2.83. The molecule has 1 aliphatic carbocycles. The number of hydrogen-bond acceptors (Lipinski definition) is 3. The third kappa shape index (κ3) is 3.16. The lowest BCUT2D eigenvalue weighted by atomic mass is 9.81. The van der Waals surface area contributed by atoms with Crippen molar-refractivity contribution in [3.05, 3.63) is 35.4 Å². The highest BCUT2D eigenvalue weighted by molar-refractivity contribution is 5.24. The molecule has 0 aliphatic heterocycles. The Morgan fingerprint density at radius 2 is 1.95 bits per heavy atom. The first-order valence-corrected chi connectivity index (χ1v) is 7.12. The zero-order chi connectivity index (χ0) is 14.5. The van der Waals surface area contributed by atoms with E-state index in [-0.39, 0.29) is 11.7 Å². The van der Waals surface area contributed by atoms with Gasteiger partial charge in [0.2, 0.25) is 0 Å². The summed E-state index contributed by atoms with van der Waals surface area (Å²) in [6.07, 6.45) is 5.33. The van der Waals surface area contributed by atoms with Gasteiger partial charge in [-0.15, -0.1) is 0 Å². The number of nitrogens with two attached hydrogens (primary N) is 1. The number of hydrogen-bond donors (Lipinski definition) is 2. The molecule has 1 aromatic rings. The molecule has 0 bridgehead atoms. The van der Waals surface area contributed by atoms with Crippen LogP contribution >= 0.6 is 0 Å². The van der Waals surface area contributed by atoms with Crippen LogP contribution in [0.15, 0.2) is 18.2 Å². The van der Waals surface area contributed by atoms with Crippen molar-refractivity contribution in [2.75, 3.05) is 7.11 Å². The highest BCUT2D eigenvalue weighted by Crippen LogP contribution is 2.34. The second-order valence-corrected chi connectivity index (χ2v) is 5.39. The summed E-state index contributed by atoms with van der Waals surface area (Å²) in [5, 5.41) is 0. The van der Waals surface area contributed by atoms with Crippen molar-refractivity contribution in [2.45, 2.75) is 44.2 Å². The monoisotopic (exact) mass is 284 g/mol. The second kappa shape index (κ2) is 7.11. The Labute approximate surface area is 118 Å². The molecule has 0 aromatic heterocycles. The maximum Gasteiger partial charge on any atom is 0.163 e. The molecular formula is C15H22F2N2O. The molecule has 1 aromatic carbocycles. The number of methoxy groups -OCH3 is 1. The van der Waals surface area contributed by atoms with Crippen LogP contribution < -0.4 is 11.3 Å². The first-order valence-electron chi connectivity index (χ1n) is 7.12. The van der Waals surface area contributed by atoms with Crippen LogP contribution in [0.25, 0.3) is 0 Å². The number of benzene rings is 1. The van der Waals surface area contributed by atoms with E-state index in [9.17, 15) is 8.78 Å². The van der Waals surface area contributed by atoms with Gasteiger partial charge < -0.3 is 4.74 Å². The lowest BCUT2D eigenvalue weighted by molar-refractivity contribution is 0.00651. The van der Waals surface area contributed by atoms with Crippen LogP contribution in [0.2, 0.25) is 0 Å². The normalized spacial score (nSPS) is 19.8. The van der Waals surface area contributed by atoms with Crippen LogP contribution in [-0.2, 0) is 4.74 Å².